The summed E-state index contributed by atoms with van der Waals surface area (Å²) in [4.78, 5) is 22.0. The normalized spacial score (nSPS) is 11.3. The first-order chi connectivity index (χ1) is 18.6. The summed E-state index contributed by atoms with van der Waals surface area (Å²) >= 11 is 1.29. The fourth-order valence-electron chi connectivity index (χ4n) is 3.73. The number of nitrogens with one attached hydrogen (secondary N) is 1. The first-order valence-corrected chi connectivity index (χ1v) is 12.8. The average molecular weight is 559 g/mol. The van der Waals surface area contributed by atoms with Gasteiger partial charge in [-0.2, -0.15) is 0 Å². The van der Waals surface area contributed by atoms with E-state index in [9.17, 15) is 18.0 Å². The van der Waals surface area contributed by atoms with E-state index in [1.807, 2.05) is 44.2 Å². The number of aryl methyl sites for hydroxylation is 2. The number of methoxy groups -OCH3 is 1. The molecule has 4 aromatic rings. The number of nitrogens with zero attached hydrogens (tertiary/aromatic N) is 5. The number of benzene rings is 2. The predicted molar refractivity (Wildman–Crippen MR) is 138 cm³/mol. The van der Waals surface area contributed by atoms with Crippen molar-refractivity contribution in [1.82, 2.24) is 30.3 Å². The van der Waals surface area contributed by atoms with Crippen LogP contribution in [0.3, 0.4) is 0 Å². The second-order valence-corrected chi connectivity index (χ2v) is 9.36. The number of carbonyl (C=O) groups excluding carboxylic acids is 1. The van der Waals surface area contributed by atoms with E-state index in [-0.39, 0.29) is 17.2 Å². The molecule has 0 aliphatic rings. The molecule has 2 heterocycles. The number of alkyl halides is 3. The lowest BCUT2D eigenvalue weighted by Crippen LogP contribution is -2.27. The Morgan fingerprint density at radius 2 is 1.74 bits per heavy atom. The molecule has 0 saturated heterocycles. The second-order valence-electron chi connectivity index (χ2n) is 8.42. The monoisotopic (exact) mass is 558 g/mol. The topological polar surface area (TPSA) is 104 Å². The van der Waals surface area contributed by atoms with Crippen LogP contribution in [-0.4, -0.2) is 50.9 Å². The number of carbonyl (C=O) groups is 1. The van der Waals surface area contributed by atoms with Crippen LogP contribution >= 0.6 is 11.8 Å². The van der Waals surface area contributed by atoms with Gasteiger partial charge in [0, 0.05) is 23.7 Å². The van der Waals surface area contributed by atoms with Gasteiger partial charge in [-0.05, 0) is 68.3 Å². The van der Waals surface area contributed by atoms with Gasteiger partial charge in [0.25, 0.3) is 5.91 Å². The standard InChI is InChI=1S/C26H25F3N6O3S/c1-16-13-17(2)32-25(31-16)39-15-22-23(24(36)30-12-11-18-5-4-6-21(14-18)37-3)33-34-35(22)19-7-9-20(10-8-19)38-26(27,28)29/h4-10,13-14H,11-12,15H2,1-3H3,(H,30,36). The number of rotatable bonds is 10. The van der Waals surface area contributed by atoms with Crippen LogP contribution in [0.5, 0.6) is 11.5 Å². The maximum Gasteiger partial charge on any atom is 0.573 e. The Morgan fingerprint density at radius 1 is 1.03 bits per heavy atom. The summed E-state index contributed by atoms with van der Waals surface area (Å²) in [5.41, 5.74) is 3.52. The number of hydrogen-bond donors (Lipinski definition) is 1. The number of ether oxygens (including phenoxy) is 2. The number of hydrogen-bond acceptors (Lipinski definition) is 8. The SMILES string of the molecule is COc1cccc(CCNC(=O)c2nnn(-c3ccc(OC(F)(F)F)cc3)c2CSc2nc(C)cc(C)n2)c1. The van der Waals surface area contributed by atoms with Crippen LogP contribution in [0.25, 0.3) is 5.69 Å². The van der Waals surface area contributed by atoms with E-state index in [0.717, 1.165) is 22.7 Å². The summed E-state index contributed by atoms with van der Waals surface area (Å²) in [5, 5.41) is 11.6. The summed E-state index contributed by atoms with van der Waals surface area (Å²) in [6.07, 6.45) is -4.24. The van der Waals surface area contributed by atoms with E-state index in [4.69, 9.17) is 4.74 Å². The first kappa shape index (κ1) is 27.9. The summed E-state index contributed by atoms with van der Waals surface area (Å²) in [6.45, 7) is 4.06. The number of aromatic nitrogens is 5. The van der Waals surface area contributed by atoms with Crippen molar-refractivity contribution in [3.8, 4) is 17.2 Å². The molecule has 0 radical (unpaired) electrons. The minimum atomic E-state index is -4.81. The molecule has 39 heavy (non-hydrogen) atoms. The Morgan fingerprint density at radius 3 is 2.41 bits per heavy atom. The Bertz CT molecular complexity index is 1420. The molecule has 0 spiro atoms. The molecule has 0 saturated carbocycles. The zero-order valence-corrected chi connectivity index (χ0v) is 22.1. The van der Waals surface area contributed by atoms with Gasteiger partial charge in [0.2, 0.25) is 0 Å². The third-order valence-electron chi connectivity index (χ3n) is 5.43. The Kier molecular flexibility index (Phi) is 8.69. The maximum atomic E-state index is 13.1. The smallest absolute Gasteiger partial charge is 0.497 e. The van der Waals surface area contributed by atoms with Crippen molar-refractivity contribution in [1.29, 1.82) is 0 Å². The summed E-state index contributed by atoms with van der Waals surface area (Å²) in [7, 11) is 1.59. The molecule has 9 nitrogen and oxygen atoms in total. The van der Waals surface area contributed by atoms with Crippen molar-refractivity contribution in [3.63, 3.8) is 0 Å². The van der Waals surface area contributed by atoms with Gasteiger partial charge in [-0.15, -0.1) is 18.3 Å². The van der Waals surface area contributed by atoms with Crippen molar-refractivity contribution in [2.75, 3.05) is 13.7 Å². The minimum absolute atomic E-state index is 0.0909. The fraction of sp³-hybridized carbons (Fsp3) is 0.269. The van der Waals surface area contributed by atoms with Crippen molar-refractivity contribution in [2.24, 2.45) is 0 Å². The number of thioether (sulfide) groups is 1. The van der Waals surface area contributed by atoms with Crippen LogP contribution in [0.2, 0.25) is 0 Å². The Labute approximate surface area is 226 Å². The lowest BCUT2D eigenvalue weighted by atomic mass is 10.1. The molecule has 13 heteroatoms. The van der Waals surface area contributed by atoms with Gasteiger partial charge in [-0.3, -0.25) is 4.79 Å². The highest BCUT2D eigenvalue weighted by atomic mass is 32.2. The molecule has 1 N–H and O–H groups in total. The molecule has 2 aromatic carbocycles. The molecular weight excluding hydrogens is 533 g/mol. The van der Waals surface area contributed by atoms with Crippen LogP contribution in [-0.2, 0) is 12.2 Å². The van der Waals surface area contributed by atoms with E-state index < -0.39 is 12.3 Å². The van der Waals surface area contributed by atoms with E-state index >= 15 is 0 Å². The molecule has 0 atom stereocenters. The van der Waals surface area contributed by atoms with Crippen LogP contribution < -0.4 is 14.8 Å². The zero-order chi connectivity index (χ0) is 28.0. The van der Waals surface area contributed by atoms with Crippen molar-refractivity contribution in [2.45, 2.75) is 37.5 Å². The van der Waals surface area contributed by atoms with Crippen LogP contribution in [0.4, 0.5) is 13.2 Å². The number of amides is 1. The molecule has 4 rings (SSSR count). The quantitative estimate of drug-likeness (QED) is 0.218. The highest BCUT2D eigenvalue weighted by molar-refractivity contribution is 7.98. The highest BCUT2D eigenvalue weighted by Crippen LogP contribution is 2.26. The molecule has 2 aromatic heterocycles. The first-order valence-electron chi connectivity index (χ1n) is 11.8. The van der Waals surface area contributed by atoms with Gasteiger partial charge in [-0.1, -0.05) is 29.1 Å². The molecule has 0 aliphatic heterocycles. The van der Waals surface area contributed by atoms with Crippen LogP contribution in [0, 0.1) is 13.8 Å². The van der Waals surface area contributed by atoms with E-state index in [2.05, 4.69) is 30.3 Å². The summed E-state index contributed by atoms with van der Waals surface area (Å²) in [6, 6.07) is 14.5. The Hall–Kier alpha value is -4.13. The second kappa shape index (κ2) is 12.2. The average Bonchev–Trinajstić information content (AvgIpc) is 3.30. The molecule has 204 valence electrons. The summed E-state index contributed by atoms with van der Waals surface area (Å²) < 4.78 is 48.3. The predicted octanol–water partition coefficient (Wildman–Crippen LogP) is 4.85. The highest BCUT2D eigenvalue weighted by Gasteiger charge is 2.31. The van der Waals surface area contributed by atoms with E-state index in [1.165, 1.54) is 40.7 Å². The van der Waals surface area contributed by atoms with E-state index in [1.54, 1.807) is 7.11 Å². The molecular formula is C26H25F3N6O3S. The van der Waals surface area contributed by atoms with Crippen molar-refractivity contribution in [3.05, 3.63) is 82.9 Å². The van der Waals surface area contributed by atoms with Gasteiger partial charge < -0.3 is 14.8 Å². The van der Waals surface area contributed by atoms with Gasteiger partial charge in [-0.25, -0.2) is 14.6 Å². The van der Waals surface area contributed by atoms with Crippen LogP contribution in [0.15, 0.2) is 59.8 Å². The Balaban J connectivity index is 1.56. The third kappa shape index (κ3) is 7.69. The fourth-order valence-corrected chi connectivity index (χ4v) is 4.67. The molecule has 1 amide bonds. The third-order valence-corrected chi connectivity index (χ3v) is 6.28. The molecule has 0 bridgehead atoms. The largest absolute Gasteiger partial charge is 0.573 e. The molecule has 0 fully saturated rings. The van der Waals surface area contributed by atoms with Gasteiger partial charge in [0.05, 0.1) is 18.5 Å². The number of halogens is 3. The molecule has 0 unspecified atom stereocenters. The minimum Gasteiger partial charge on any atom is -0.497 e. The van der Waals surface area contributed by atoms with Gasteiger partial charge in [0.1, 0.15) is 11.5 Å². The lowest BCUT2D eigenvalue weighted by molar-refractivity contribution is -0.274. The lowest BCUT2D eigenvalue weighted by Gasteiger charge is -2.11. The summed E-state index contributed by atoms with van der Waals surface area (Å²) in [5.74, 6) is 0.149. The zero-order valence-electron chi connectivity index (χ0n) is 21.3. The van der Waals surface area contributed by atoms with Gasteiger partial charge in [0.15, 0.2) is 10.9 Å². The van der Waals surface area contributed by atoms with Gasteiger partial charge >= 0.3 is 6.36 Å². The van der Waals surface area contributed by atoms with Crippen molar-refractivity contribution >= 4 is 17.7 Å². The van der Waals surface area contributed by atoms with E-state index in [0.29, 0.717) is 29.5 Å². The molecule has 0 aliphatic carbocycles. The van der Waals surface area contributed by atoms with Crippen LogP contribution in [0.1, 0.15) is 33.1 Å². The maximum absolute atomic E-state index is 13.1. The van der Waals surface area contributed by atoms with Crippen molar-refractivity contribution < 1.29 is 27.4 Å².